The summed E-state index contributed by atoms with van der Waals surface area (Å²) < 4.78 is 5.48. The lowest BCUT2D eigenvalue weighted by Gasteiger charge is -2.69. The van der Waals surface area contributed by atoms with Gasteiger partial charge < -0.3 is 15.6 Å². The highest BCUT2D eigenvalue weighted by molar-refractivity contribution is 5.95. The first-order valence-electron chi connectivity index (χ1n) is 14.6. The molecule has 0 spiro atoms. The molecule has 0 aromatic rings. The molecule has 0 bridgehead atoms. The average Bonchev–Trinajstić information content (AvgIpc) is 2.82. The minimum atomic E-state index is -0.842. The van der Waals surface area contributed by atoms with E-state index in [-0.39, 0.29) is 59.1 Å². The Kier molecular flexibility index (Phi) is 6.06. The Morgan fingerprint density at radius 2 is 1.73 bits per heavy atom. The summed E-state index contributed by atoms with van der Waals surface area (Å²) in [6.45, 7) is 16.5. The highest BCUT2D eigenvalue weighted by atomic mass is 16.5. The molecule has 206 valence electrons. The van der Waals surface area contributed by atoms with Crippen molar-refractivity contribution in [3.05, 3.63) is 23.3 Å². The zero-order chi connectivity index (χ0) is 27.2. The maximum Gasteiger partial charge on any atom is 0.312 e. The molecule has 8 atom stereocenters. The van der Waals surface area contributed by atoms with Crippen LogP contribution in [0.15, 0.2) is 23.3 Å². The first kappa shape index (κ1) is 27.1. The van der Waals surface area contributed by atoms with Crippen LogP contribution >= 0.6 is 0 Å². The van der Waals surface area contributed by atoms with E-state index in [0.717, 1.165) is 38.5 Å². The molecule has 0 amide bonds. The SMILES string of the molecule is CC12CCC3(C)C(=C1C[C@@](C)(C(=O)OCCN)CC2=O)C=CC1[C@@]2(C)CCC(O)C(C)(C)C2CC[C@]13C. The normalized spacial score (nSPS) is 48.5. The van der Waals surface area contributed by atoms with E-state index in [9.17, 15) is 14.7 Å². The first-order valence-corrected chi connectivity index (χ1v) is 14.6. The molecule has 0 aromatic heterocycles. The molecule has 5 aliphatic carbocycles. The van der Waals surface area contributed by atoms with Crippen LogP contribution in [0, 0.1) is 44.3 Å². The number of hydrogen-bond donors (Lipinski definition) is 2. The Morgan fingerprint density at radius 1 is 1.03 bits per heavy atom. The topological polar surface area (TPSA) is 89.6 Å². The van der Waals surface area contributed by atoms with Gasteiger partial charge in [0.25, 0.3) is 0 Å². The lowest BCUT2D eigenvalue weighted by atomic mass is 9.35. The van der Waals surface area contributed by atoms with Crippen LogP contribution in [0.2, 0.25) is 0 Å². The maximum absolute atomic E-state index is 13.7. The zero-order valence-corrected chi connectivity index (χ0v) is 24.2. The molecular weight excluding hydrogens is 462 g/mol. The second kappa shape index (κ2) is 8.27. The Balaban J connectivity index is 1.62. The van der Waals surface area contributed by atoms with Crippen LogP contribution in [-0.4, -0.2) is 36.1 Å². The van der Waals surface area contributed by atoms with Crippen molar-refractivity contribution in [3.8, 4) is 0 Å². The smallest absolute Gasteiger partial charge is 0.312 e. The second-order valence-corrected chi connectivity index (χ2v) is 15.0. The van der Waals surface area contributed by atoms with Gasteiger partial charge in [0.2, 0.25) is 0 Å². The Bertz CT molecular complexity index is 1070. The van der Waals surface area contributed by atoms with Crippen LogP contribution in [0.3, 0.4) is 0 Å². The van der Waals surface area contributed by atoms with Gasteiger partial charge in [0, 0.05) is 18.4 Å². The van der Waals surface area contributed by atoms with Gasteiger partial charge in [-0.05, 0) is 97.9 Å². The van der Waals surface area contributed by atoms with E-state index in [4.69, 9.17) is 10.5 Å². The minimum Gasteiger partial charge on any atom is -0.464 e. The van der Waals surface area contributed by atoms with Gasteiger partial charge in [-0.2, -0.15) is 0 Å². The molecule has 5 unspecified atom stereocenters. The van der Waals surface area contributed by atoms with Crippen LogP contribution < -0.4 is 5.73 Å². The van der Waals surface area contributed by atoms with Crippen molar-refractivity contribution in [2.24, 2.45) is 50.1 Å². The fraction of sp³-hybridized carbons (Fsp3) is 0.812. The van der Waals surface area contributed by atoms with E-state index in [0.29, 0.717) is 18.3 Å². The van der Waals surface area contributed by atoms with E-state index in [1.54, 1.807) is 0 Å². The second-order valence-electron chi connectivity index (χ2n) is 15.0. The summed E-state index contributed by atoms with van der Waals surface area (Å²) in [6, 6.07) is 0. The van der Waals surface area contributed by atoms with Gasteiger partial charge in [0.05, 0.1) is 11.5 Å². The number of fused-ring (bicyclic) bond motifs is 6. The molecule has 0 saturated heterocycles. The summed E-state index contributed by atoms with van der Waals surface area (Å²) in [5.74, 6) is 0.780. The lowest BCUT2D eigenvalue weighted by Crippen LogP contribution is -2.63. The Labute approximate surface area is 223 Å². The number of ketones is 1. The van der Waals surface area contributed by atoms with Gasteiger partial charge >= 0.3 is 5.97 Å². The molecule has 3 N–H and O–H groups in total. The van der Waals surface area contributed by atoms with E-state index in [2.05, 4.69) is 53.7 Å². The van der Waals surface area contributed by atoms with Crippen LogP contribution in [-0.2, 0) is 14.3 Å². The highest BCUT2D eigenvalue weighted by Crippen LogP contribution is 2.73. The molecule has 3 fully saturated rings. The lowest BCUT2D eigenvalue weighted by molar-refractivity contribution is -0.182. The predicted molar refractivity (Wildman–Crippen MR) is 145 cm³/mol. The number of carbonyl (C=O) groups is 2. The summed E-state index contributed by atoms with van der Waals surface area (Å²) in [7, 11) is 0. The van der Waals surface area contributed by atoms with Crippen LogP contribution in [0.25, 0.3) is 0 Å². The van der Waals surface area contributed by atoms with Crippen molar-refractivity contribution in [1.82, 2.24) is 0 Å². The predicted octanol–water partition coefficient (Wildman–Crippen LogP) is 5.75. The monoisotopic (exact) mass is 511 g/mol. The quantitative estimate of drug-likeness (QED) is 0.471. The summed E-state index contributed by atoms with van der Waals surface area (Å²) in [5.41, 5.74) is 6.77. The number of Topliss-reactive ketones (excluding diaryl/α,β-unsaturated/α-hetero) is 1. The number of aliphatic hydroxyl groups excluding tert-OH is 1. The summed E-state index contributed by atoms with van der Waals surface area (Å²) in [5, 5.41) is 10.9. The van der Waals surface area contributed by atoms with E-state index in [1.165, 1.54) is 11.1 Å². The fourth-order valence-electron chi connectivity index (χ4n) is 10.1. The molecule has 0 heterocycles. The number of esters is 1. The van der Waals surface area contributed by atoms with Crippen molar-refractivity contribution < 1.29 is 19.4 Å². The number of aliphatic hydroxyl groups is 1. The molecule has 5 rings (SSSR count). The molecule has 5 aliphatic rings. The first-order chi connectivity index (χ1) is 17.1. The van der Waals surface area contributed by atoms with Gasteiger partial charge in [-0.25, -0.2) is 0 Å². The largest absolute Gasteiger partial charge is 0.464 e. The van der Waals surface area contributed by atoms with E-state index >= 15 is 0 Å². The minimum absolute atomic E-state index is 0.0604. The number of allylic oxidation sites excluding steroid dienone is 4. The van der Waals surface area contributed by atoms with Crippen LogP contribution in [0.1, 0.15) is 99.8 Å². The molecular formula is C32H49NO4. The molecule has 5 heteroatoms. The van der Waals surface area contributed by atoms with Crippen LogP contribution in [0.5, 0.6) is 0 Å². The zero-order valence-electron chi connectivity index (χ0n) is 24.2. The third-order valence-corrected chi connectivity index (χ3v) is 12.9. The number of rotatable bonds is 3. The molecule has 3 saturated carbocycles. The summed E-state index contributed by atoms with van der Waals surface area (Å²) in [6.07, 6.45) is 11.4. The maximum atomic E-state index is 13.7. The molecule has 0 radical (unpaired) electrons. The van der Waals surface area contributed by atoms with Crippen molar-refractivity contribution >= 4 is 11.8 Å². The van der Waals surface area contributed by atoms with Gasteiger partial charge in [0.15, 0.2) is 0 Å². The number of hydrogen-bond acceptors (Lipinski definition) is 5. The van der Waals surface area contributed by atoms with Crippen molar-refractivity contribution in [2.75, 3.05) is 13.2 Å². The fourth-order valence-corrected chi connectivity index (χ4v) is 10.1. The Hall–Kier alpha value is -1.46. The van der Waals surface area contributed by atoms with Gasteiger partial charge in [-0.15, -0.1) is 0 Å². The molecule has 0 aliphatic heterocycles. The molecule has 37 heavy (non-hydrogen) atoms. The molecule has 0 aromatic carbocycles. The number of nitrogens with two attached hydrogens (primary N) is 1. The molecule has 5 nitrogen and oxygen atoms in total. The highest BCUT2D eigenvalue weighted by Gasteiger charge is 2.67. The van der Waals surface area contributed by atoms with E-state index < -0.39 is 10.8 Å². The summed E-state index contributed by atoms with van der Waals surface area (Å²) >= 11 is 0. The van der Waals surface area contributed by atoms with Gasteiger partial charge in [0.1, 0.15) is 12.4 Å². The average molecular weight is 512 g/mol. The number of carbonyl (C=O) groups excluding carboxylic acids is 2. The third-order valence-electron chi connectivity index (χ3n) is 12.9. The van der Waals surface area contributed by atoms with Crippen LogP contribution in [0.4, 0.5) is 0 Å². The standard InChI is InChI=1S/C32H49NO4/c1-27(2)22-10-13-32(7)23(30(22,5)12-11-24(27)34)9-8-20-21-18-28(3,26(36)37-17-16-33)19-25(35)29(21,4)14-15-31(20,32)6/h8-9,22-24,34H,10-19,33H2,1-7H3/t22?,23?,24?,28-,29?,30+,31?,32-/m1/s1. The number of ether oxygens (including phenoxy) is 1. The van der Waals surface area contributed by atoms with Crippen molar-refractivity contribution in [1.29, 1.82) is 0 Å². The van der Waals surface area contributed by atoms with Gasteiger partial charge in [-0.3, -0.25) is 9.59 Å². The summed E-state index contributed by atoms with van der Waals surface area (Å²) in [4.78, 5) is 26.8. The van der Waals surface area contributed by atoms with E-state index in [1.807, 2.05) is 6.92 Å². The van der Waals surface area contributed by atoms with Crippen molar-refractivity contribution in [3.63, 3.8) is 0 Å². The third kappa shape index (κ3) is 3.41. The Morgan fingerprint density at radius 3 is 2.41 bits per heavy atom. The van der Waals surface area contributed by atoms with Crippen molar-refractivity contribution in [2.45, 2.75) is 106 Å². The van der Waals surface area contributed by atoms with Gasteiger partial charge in [-0.1, -0.05) is 52.3 Å².